The van der Waals surface area contributed by atoms with E-state index in [9.17, 15) is 0 Å². The summed E-state index contributed by atoms with van der Waals surface area (Å²) in [4.78, 5) is 9.21. The average Bonchev–Trinajstić information content (AvgIpc) is 2.86. The fraction of sp³-hybridized carbons (Fsp3) is 0.375. The highest BCUT2D eigenvalue weighted by Gasteiger charge is 2.18. The van der Waals surface area contributed by atoms with E-state index in [-0.39, 0.29) is 5.38 Å². The molecule has 0 fully saturated rings. The minimum atomic E-state index is -0.120. The summed E-state index contributed by atoms with van der Waals surface area (Å²) in [5.74, 6) is 0.922. The quantitative estimate of drug-likeness (QED) is 0.657. The number of thioether (sulfide) groups is 1. The van der Waals surface area contributed by atoms with E-state index in [1.165, 1.54) is 0 Å². The highest BCUT2D eigenvalue weighted by molar-refractivity contribution is 7.99. The van der Waals surface area contributed by atoms with Gasteiger partial charge in [0.05, 0.1) is 22.6 Å². The number of nitrogens with zero attached hydrogens (tertiary/aromatic N) is 3. The van der Waals surface area contributed by atoms with Crippen molar-refractivity contribution in [2.45, 2.75) is 31.0 Å². The number of imidazole rings is 1. The fourth-order valence-electron chi connectivity index (χ4n) is 2.60. The predicted molar refractivity (Wildman–Crippen MR) is 92.3 cm³/mol. The Balaban J connectivity index is 2.33. The van der Waals surface area contributed by atoms with Gasteiger partial charge in [-0.15, -0.1) is 11.6 Å². The van der Waals surface area contributed by atoms with E-state index >= 15 is 0 Å². The maximum Gasteiger partial charge on any atom is 0.127 e. The van der Waals surface area contributed by atoms with Gasteiger partial charge in [0.25, 0.3) is 0 Å². The van der Waals surface area contributed by atoms with Gasteiger partial charge in [-0.25, -0.2) is 4.98 Å². The number of fused-ring (bicyclic) bond motifs is 3. The van der Waals surface area contributed by atoms with Crippen LogP contribution >= 0.6 is 23.4 Å². The van der Waals surface area contributed by atoms with E-state index in [0.29, 0.717) is 5.25 Å². The van der Waals surface area contributed by atoms with Gasteiger partial charge in [-0.1, -0.05) is 25.1 Å². The summed E-state index contributed by atoms with van der Waals surface area (Å²) >= 11 is 8.20. The molecule has 5 heteroatoms. The lowest BCUT2D eigenvalue weighted by molar-refractivity contribution is 0.667. The normalized spacial score (nSPS) is 14.7. The number of benzene rings is 1. The smallest absolute Gasteiger partial charge is 0.127 e. The summed E-state index contributed by atoms with van der Waals surface area (Å²) < 4.78 is 2.26. The molecule has 0 aliphatic rings. The molecule has 3 rings (SSSR count). The monoisotopic (exact) mass is 319 g/mol. The second-order valence-corrected chi connectivity index (χ2v) is 7.18. The second-order valence-electron chi connectivity index (χ2n) is 5.25. The van der Waals surface area contributed by atoms with Crippen molar-refractivity contribution in [1.29, 1.82) is 0 Å². The Morgan fingerprint density at radius 3 is 2.71 bits per heavy atom. The molecule has 2 atom stereocenters. The van der Waals surface area contributed by atoms with Crippen LogP contribution in [0, 0.1) is 0 Å². The number of halogens is 1. The van der Waals surface area contributed by atoms with Gasteiger partial charge in [0.2, 0.25) is 0 Å². The summed E-state index contributed by atoms with van der Waals surface area (Å²) in [5, 5.41) is 1.52. The number of para-hydroxylation sites is 1. The van der Waals surface area contributed by atoms with Crippen LogP contribution in [0.5, 0.6) is 0 Å². The standard InChI is InChI=1S/C16H18ClN3S/c1-10(21-3)9-20-15-12-6-4-5-7-13(12)18-8-14(15)19-16(20)11(2)17/h4-8,10-11H,9H2,1-3H3. The third-order valence-corrected chi connectivity index (χ3v) is 4.86. The van der Waals surface area contributed by atoms with Crippen molar-refractivity contribution in [3.05, 3.63) is 36.3 Å². The molecular weight excluding hydrogens is 302 g/mol. The molecule has 0 saturated heterocycles. The molecule has 21 heavy (non-hydrogen) atoms. The highest BCUT2D eigenvalue weighted by Crippen LogP contribution is 2.30. The number of hydrogen-bond donors (Lipinski definition) is 0. The largest absolute Gasteiger partial charge is 0.325 e. The van der Waals surface area contributed by atoms with Crippen LogP contribution in [0.3, 0.4) is 0 Å². The van der Waals surface area contributed by atoms with E-state index in [1.54, 1.807) is 0 Å². The van der Waals surface area contributed by atoms with Crippen LogP contribution in [0.2, 0.25) is 0 Å². The van der Waals surface area contributed by atoms with E-state index in [0.717, 1.165) is 34.3 Å². The lowest BCUT2D eigenvalue weighted by Gasteiger charge is -2.15. The maximum atomic E-state index is 6.35. The Hall–Kier alpha value is -1.26. The number of rotatable bonds is 4. The fourth-order valence-corrected chi connectivity index (χ4v) is 3.06. The van der Waals surface area contributed by atoms with Crippen molar-refractivity contribution in [1.82, 2.24) is 14.5 Å². The SMILES string of the molecule is CSC(C)Cn1c(C(C)Cl)nc2cnc3ccccc3c21. The molecule has 0 radical (unpaired) electrons. The summed E-state index contributed by atoms with van der Waals surface area (Å²) in [6.45, 7) is 5.10. The first-order valence-electron chi connectivity index (χ1n) is 7.02. The number of aromatic nitrogens is 3. The first-order chi connectivity index (χ1) is 10.1. The minimum absolute atomic E-state index is 0.120. The Labute approximate surface area is 133 Å². The third kappa shape index (κ3) is 2.62. The predicted octanol–water partition coefficient (Wildman–Crippen LogP) is 4.64. The Morgan fingerprint density at radius 2 is 2.00 bits per heavy atom. The van der Waals surface area contributed by atoms with Gasteiger partial charge in [0.15, 0.2) is 0 Å². The van der Waals surface area contributed by atoms with Crippen molar-refractivity contribution in [2.24, 2.45) is 0 Å². The van der Waals surface area contributed by atoms with Crippen LogP contribution in [0.15, 0.2) is 30.5 Å². The van der Waals surface area contributed by atoms with Gasteiger partial charge < -0.3 is 4.57 Å². The van der Waals surface area contributed by atoms with Gasteiger partial charge in [0, 0.05) is 17.2 Å². The summed E-state index contributed by atoms with van der Waals surface area (Å²) in [5.41, 5.74) is 3.06. The average molecular weight is 320 g/mol. The molecule has 0 spiro atoms. The van der Waals surface area contributed by atoms with Gasteiger partial charge in [-0.3, -0.25) is 4.98 Å². The zero-order chi connectivity index (χ0) is 15.0. The minimum Gasteiger partial charge on any atom is -0.325 e. The molecule has 0 bridgehead atoms. The van der Waals surface area contributed by atoms with Gasteiger partial charge >= 0.3 is 0 Å². The van der Waals surface area contributed by atoms with Crippen LogP contribution in [-0.4, -0.2) is 26.0 Å². The van der Waals surface area contributed by atoms with Gasteiger partial charge in [0.1, 0.15) is 11.3 Å². The van der Waals surface area contributed by atoms with E-state index in [1.807, 2.05) is 43.1 Å². The highest BCUT2D eigenvalue weighted by atomic mass is 35.5. The Bertz CT molecular complexity index is 782. The molecule has 0 aliphatic heterocycles. The van der Waals surface area contributed by atoms with E-state index < -0.39 is 0 Å². The lowest BCUT2D eigenvalue weighted by atomic mass is 10.2. The van der Waals surface area contributed by atoms with Gasteiger partial charge in [-0.05, 0) is 19.2 Å². The molecule has 2 unspecified atom stereocenters. The first-order valence-corrected chi connectivity index (χ1v) is 8.75. The summed E-state index contributed by atoms with van der Waals surface area (Å²) in [6, 6.07) is 8.20. The van der Waals surface area contributed by atoms with Crippen molar-refractivity contribution in [3.63, 3.8) is 0 Å². The Morgan fingerprint density at radius 1 is 1.24 bits per heavy atom. The zero-order valence-electron chi connectivity index (χ0n) is 12.4. The summed E-state index contributed by atoms with van der Waals surface area (Å²) in [6.07, 6.45) is 3.98. The molecule has 0 N–H and O–H groups in total. The number of hydrogen-bond acceptors (Lipinski definition) is 3. The third-order valence-electron chi connectivity index (χ3n) is 3.71. The van der Waals surface area contributed by atoms with Crippen LogP contribution in [0.1, 0.15) is 25.0 Å². The lowest BCUT2D eigenvalue weighted by Crippen LogP contribution is -2.12. The van der Waals surface area contributed by atoms with Crippen LogP contribution in [-0.2, 0) is 6.54 Å². The van der Waals surface area contributed by atoms with Crippen LogP contribution < -0.4 is 0 Å². The van der Waals surface area contributed by atoms with Crippen molar-refractivity contribution in [2.75, 3.05) is 6.26 Å². The maximum absolute atomic E-state index is 6.35. The van der Waals surface area contributed by atoms with Gasteiger partial charge in [-0.2, -0.15) is 11.8 Å². The molecule has 3 nitrogen and oxygen atoms in total. The molecule has 1 aromatic carbocycles. The van der Waals surface area contributed by atoms with E-state index in [4.69, 9.17) is 16.6 Å². The molecule has 2 heterocycles. The first kappa shape index (κ1) is 14.7. The molecule has 0 aliphatic carbocycles. The van der Waals surface area contributed by atoms with Crippen molar-refractivity contribution >= 4 is 45.3 Å². The number of alkyl halides is 1. The Kier molecular flexibility index (Phi) is 4.09. The molecular formula is C16H18ClN3S. The zero-order valence-corrected chi connectivity index (χ0v) is 13.9. The summed E-state index contributed by atoms with van der Waals surface area (Å²) in [7, 11) is 0. The molecule has 0 saturated carbocycles. The van der Waals surface area contributed by atoms with Crippen molar-refractivity contribution in [3.8, 4) is 0 Å². The molecule has 110 valence electrons. The molecule has 2 aromatic heterocycles. The molecule has 3 aromatic rings. The van der Waals surface area contributed by atoms with Crippen LogP contribution in [0.25, 0.3) is 21.9 Å². The number of pyridine rings is 1. The van der Waals surface area contributed by atoms with Crippen molar-refractivity contribution < 1.29 is 0 Å². The molecule has 0 amide bonds. The van der Waals surface area contributed by atoms with E-state index in [2.05, 4.69) is 28.8 Å². The van der Waals surface area contributed by atoms with Crippen LogP contribution in [0.4, 0.5) is 0 Å². The second kappa shape index (κ2) is 5.85. The topological polar surface area (TPSA) is 30.7 Å².